The van der Waals surface area contributed by atoms with E-state index in [1.54, 1.807) is 0 Å². The van der Waals surface area contributed by atoms with E-state index in [2.05, 4.69) is 46.1 Å². The van der Waals surface area contributed by atoms with Crippen molar-refractivity contribution in [2.24, 2.45) is 20.8 Å². The van der Waals surface area contributed by atoms with Gasteiger partial charge in [-0.1, -0.05) is 102 Å². The molecule has 2 spiro atoms. The molecule has 0 radical (unpaired) electrons. The minimum absolute atomic E-state index is 0.112. The van der Waals surface area contributed by atoms with Crippen LogP contribution < -0.4 is 10.2 Å². The molecule has 9 nitrogen and oxygen atoms in total. The molecule has 47 heavy (non-hydrogen) atoms. The van der Waals surface area contributed by atoms with Crippen molar-refractivity contribution in [3.8, 4) is 0 Å². The molecule has 2 unspecified atom stereocenters. The molecule has 1 amide bonds. The Balaban J connectivity index is 0.000000185. The van der Waals surface area contributed by atoms with Gasteiger partial charge in [0.15, 0.2) is 0 Å². The Morgan fingerprint density at radius 2 is 1.17 bits per heavy atom. The largest absolute Gasteiger partial charge is 0.595 e. The molecular weight excluding hydrogens is 592 g/mol. The van der Waals surface area contributed by atoms with Gasteiger partial charge in [-0.25, -0.2) is 0 Å². The predicted octanol–water partition coefficient (Wildman–Crippen LogP) is 4.67. The third-order valence-corrected chi connectivity index (χ3v) is 9.96. The normalized spacial score (nSPS) is 26.7. The van der Waals surface area contributed by atoms with Crippen molar-refractivity contribution in [3.63, 3.8) is 0 Å². The van der Waals surface area contributed by atoms with Crippen molar-refractivity contribution in [2.45, 2.75) is 116 Å². The van der Waals surface area contributed by atoms with Crippen LogP contribution >= 0.6 is 0 Å². The molecule has 2 aromatic carbocycles. The maximum atomic E-state index is 12.9. The first-order valence-electron chi connectivity index (χ1n) is 16.9. The number of carbonyl (C=O) groups excluding carboxylic acids is 1. The van der Waals surface area contributed by atoms with E-state index in [-0.39, 0.29) is 16.9 Å². The van der Waals surface area contributed by atoms with Crippen molar-refractivity contribution in [2.75, 3.05) is 19.6 Å². The molecule has 6 rings (SSSR count). The lowest BCUT2D eigenvalue weighted by Crippen LogP contribution is -2.40. The van der Waals surface area contributed by atoms with Crippen LogP contribution in [0.2, 0.25) is 0 Å². The topological polar surface area (TPSA) is 113 Å². The standard InChI is InChI=1S/C19H26N2O3.C19H28N2O2/c1-17(2,3)24-16(23)20-18(4)13-21(15(22)19(18)10-11-19)12-14-8-6-5-7-9-14;1-17(2,3)23-16(22)20-18(4)13-21(14-19(18)10-11-19)12-15-8-6-5-7-9-15/h5-9H,10-13H2,1-4H3,(H,20,23);5-9H,10-14H2,1-4H3,(H,20,22)/p-2. The maximum absolute atomic E-state index is 12.9. The first-order chi connectivity index (χ1) is 21.9. The van der Waals surface area contributed by atoms with Crippen molar-refractivity contribution in [3.05, 3.63) is 71.8 Å². The van der Waals surface area contributed by atoms with Crippen LogP contribution in [0, 0.1) is 10.8 Å². The summed E-state index contributed by atoms with van der Waals surface area (Å²) in [6.45, 7) is 18.9. The highest BCUT2D eigenvalue weighted by molar-refractivity contribution is 5.90. The lowest BCUT2D eigenvalue weighted by Gasteiger charge is -2.33. The number of ether oxygens (including phenoxy) is 2. The monoisotopic (exact) mass is 644 g/mol. The van der Waals surface area contributed by atoms with Crippen LogP contribution in [0.1, 0.15) is 92.2 Å². The number of nitrogens with zero attached hydrogens (tertiary/aromatic N) is 4. The fourth-order valence-electron chi connectivity index (χ4n) is 7.26. The van der Waals surface area contributed by atoms with Crippen LogP contribution in [-0.2, 0) is 27.4 Å². The molecule has 0 bridgehead atoms. The number of benzene rings is 2. The Morgan fingerprint density at radius 3 is 1.62 bits per heavy atom. The molecule has 2 aliphatic heterocycles. The molecule has 2 aliphatic carbocycles. The van der Waals surface area contributed by atoms with E-state index in [1.165, 1.54) is 5.56 Å². The number of carbonyl (C=O) groups is 1. The summed E-state index contributed by atoms with van der Waals surface area (Å²) < 4.78 is 10.8. The molecule has 0 aromatic heterocycles. The summed E-state index contributed by atoms with van der Waals surface area (Å²) >= 11 is 0. The molecule has 2 heterocycles. The highest BCUT2D eigenvalue weighted by Crippen LogP contribution is 2.61. The van der Waals surface area contributed by atoms with Gasteiger partial charge in [0.25, 0.3) is 0 Å². The first-order valence-corrected chi connectivity index (χ1v) is 16.9. The summed E-state index contributed by atoms with van der Waals surface area (Å²) in [5, 5.41) is 24.4. The van der Waals surface area contributed by atoms with Crippen LogP contribution in [0.4, 0.5) is 0 Å². The summed E-state index contributed by atoms with van der Waals surface area (Å²) in [5.74, 6) is 0.112. The molecule has 2 atom stereocenters. The zero-order valence-corrected chi connectivity index (χ0v) is 29.5. The summed E-state index contributed by atoms with van der Waals surface area (Å²) in [6.07, 6.45) is 2.89. The second-order valence-electron chi connectivity index (χ2n) is 16.4. The van der Waals surface area contributed by atoms with Gasteiger partial charge in [-0.15, -0.1) is 0 Å². The molecule has 2 saturated carbocycles. The number of rotatable bonds is 6. The summed E-state index contributed by atoms with van der Waals surface area (Å²) in [5.41, 5.74) is -0.0634. The fourth-order valence-corrected chi connectivity index (χ4v) is 7.26. The van der Waals surface area contributed by atoms with E-state index in [1.807, 2.05) is 89.8 Å². The molecule has 2 saturated heterocycles. The number of likely N-dealkylation sites (tertiary alicyclic amines) is 2. The average molecular weight is 645 g/mol. The van der Waals surface area contributed by atoms with Crippen molar-refractivity contribution in [1.82, 2.24) is 9.80 Å². The summed E-state index contributed by atoms with van der Waals surface area (Å²) in [6, 6.07) is 20.4. The minimum atomic E-state index is -0.707. The van der Waals surface area contributed by atoms with Crippen molar-refractivity contribution < 1.29 is 24.5 Å². The molecular formula is C38H52N4O5-2. The number of hydrogen-bond donors (Lipinski definition) is 0. The second kappa shape index (κ2) is 12.5. The molecule has 2 aromatic rings. The van der Waals surface area contributed by atoms with E-state index in [4.69, 9.17) is 9.47 Å². The van der Waals surface area contributed by atoms with E-state index in [9.17, 15) is 15.0 Å². The third kappa shape index (κ3) is 7.94. The van der Waals surface area contributed by atoms with Crippen LogP contribution in [0.5, 0.6) is 0 Å². The minimum Gasteiger partial charge on any atom is -0.595 e. The van der Waals surface area contributed by atoms with E-state index in [0.29, 0.717) is 13.1 Å². The summed E-state index contributed by atoms with van der Waals surface area (Å²) in [7, 11) is 0. The third-order valence-electron chi connectivity index (χ3n) is 9.96. The number of aliphatic imine (C=N–C) groups is 2. The van der Waals surface area contributed by atoms with Gasteiger partial charge in [-0.05, 0) is 50.7 Å². The highest BCUT2D eigenvalue weighted by Gasteiger charge is 2.68. The second-order valence-corrected chi connectivity index (χ2v) is 16.4. The van der Waals surface area contributed by atoms with Gasteiger partial charge in [0.1, 0.15) is 12.2 Å². The van der Waals surface area contributed by atoms with E-state index < -0.39 is 34.3 Å². The maximum Gasteiger partial charge on any atom is 0.231 e. The zero-order chi connectivity index (χ0) is 34.3. The zero-order valence-electron chi connectivity index (χ0n) is 29.5. The lowest BCUT2D eigenvalue weighted by atomic mass is 9.86. The summed E-state index contributed by atoms with van der Waals surface area (Å²) in [4.78, 5) is 26.0. The van der Waals surface area contributed by atoms with Crippen molar-refractivity contribution >= 4 is 18.1 Å². The lowest BCUT2D eigenvalue weighted by molar-refractivity contribution is -0.262. The highest BCUT2D eigenvalue weighted by atomic mass is 16.6. The van der Waals surface area contributed by atoms with Gasteiger partial charge in [0.05, 0.1) is 16.5 Å². The Morgan fingerprint density at radius 1 is 0.702 bits per heavy atom. The van der Waals surface area contributed by atoms with Gasteiger partial charge >= 0.3 is 0 Å². The predicted molar refractivity (Wildman–Crippen MR) is 180 cm³/mol. The van der Waals surface area contributed by atoms with Crippen LogP contribution in [0.3, 0.4) is 0 Å². The Hall–Kier alpha value is -3.59. The Bertz CT molecular complexity index is 1470. The van der Waals surface area contributed by atoms with E-state index >= 15 is 0 Å². The average Bonchev–Trinajstić information content (AvgIpc) is 3.86. The molecule has 4 aliphatic rings. The van der Waals surface area contributed by atoms with E-state index in [0.717, 1.165) is 50.9 Å². The van der Waals surface area contributed by atoms with Crippen LogP contribution in [-0.4, -0.2) is 69.8 Å². The quantitative estimate of drug-likeness (QED) is 0.334. The fraction of sp³-hybridized carbons (Fsp3) is 0.605. The van der Waals surface area contributed by atoms with Crippen LogP contribution in [0.25, 0.3) is 0 Å². The van der Waals surface area contributed by atoms with Gasteiger partial charge in [0.2, 0.25) is 5.91 Å². The van der Waals surface area contributed by atoms with Crippen molar-refractivity contribution in [1.29, 1.82) is 0 Å². The molecule has 0 N–H and O–H groups in total. The smallest absolute Gasteiger partial charge is 0.231 e. The van der Waals surface area contributed by atoms with Gasteiger partial charge < -0.3 is 24.6 Å². The van der Waals surface area contributed by atoms with Gasteiger partial charge in [-0.3, -0.25) is 19.7 Å². The SMILES string of the molecule is CC(C)(C)OC([O-])=NC1(C)CN(Cc2ccccc2)C(=O)C12CC2.CC(C)(C)OC([O-])=NC1(C)CN(Cc2ccccc2)CC12CC2. The molecule has 256 valence electrons. The van der Waals surface area contributed by atoms with Gasteiger partial charge in [-0.2, -0.15) is 0 Å². The Labute approximate surface area is 280 Å². The number of hydrogen-bond acceptors (Lipinski definition) is 8. The van der Waals surface area contributed by atoms with Crippen LogP contribution in [0.15, 0.2) is 70.6 Å². The molecule has 4 fully saturated rings. The Kier molecular flexibility index (Phi) is 9.21. The number of amides is 1. The van der Waals surface area contributed by atoms with Gasteiger partial charge in [0, 0.05) is 49.3 Å². The first kappa shape index (κ1) is 34.7. The molecule has 9 heteroatoms.